The van der Waals surface area contributed by atoms with Crippen molar-refractivity contribution >= 4 is 28.5 Å². The first-order valence-corrected chi connectivity index (χ1v) is 13.0. The maximum absolute atomic E-state index is 14.8. The van der Waals surface area contributed by atoms with Crippen LogP contribution >= 0.6 is 0 Å². The fourth-order valence-electron chi connectivity index (χ4n) is 5.38. The molecule has 0 bridgehead atoms. The molecule has 1 spiro atoms. The molecule has 1 atom stereocenters. The van der Waals surface area contributed by atoms with E-state index in [0.29, 0.717) is 36.2 Å². The lowest BCUT2D eigenvalue weighted by Crippen LogP contribution is -2.42. The number of amides is 1. The fourth-order valence-corrected chi connectivity index (χ4v) is 5.38. The van der Waals surface area contributed by atoms with Crippen LogP contribution in [0.3, 0.4) is 0 Å². The number of ether oxygens (including phenoxy) is 1. The number of likely N-dealkylation sites (tertiary alicyclic amines) is 1. The number of nitrogens with zero attached hydrogens (tertiary/aromatic N) is 5. The molecule has 38 heavy (non-hydrogen) atoms. The Morgan fingerprint density at radius 2 is 1.97 bits per heavy atom. The summed E-state index contributed by atoms with van der Waals surface area (Å²) in [6.07, 6.45) is 7.93. The second kappa shape index (κ2) is 9.08. The van der Waals surface area contributed by atoms with Gasteiger partial charge in [-0.1, -0.05) is 0 Å². The number of halogens is 1. The lowest BCUT2D eigenvalue weighted by Gasteiger charge is -2.34. The van der Waals surface area contributed by atoms with Crippen molar-refractivity contribution < 1.29 is 13.9 Å². The third-order valence-electron chi connectivity index (χ3n) is 7.54. The van der Waals surface area contributed by atoms with Crippen LogP contribution in [0.5, 0.6) is 0 Å². The third-order valence-corrected chi connectivity index (χ3v) is 7.54. The predicted octanol–water partition coefficient (Wildman–Crippen LogP) is 6.20. The topological polar surface area (TPSA) is 85.2 Å². The molecule has 1 unspecified atom stereocenters. The molecular formula is C29H31FN6O2. The molecule has 196 valence electrons. The van der Waals surface area contributed by atoms with Gasteiger partial charge < -0.3 is 15.0 Å². The van der Waals surface area contributed by atoms with Crippen molar-refractivity contribution in [2.45, 2.75) is 51.6 Å². The van der Waals surface area contributed by atoms with Crippen LogP contribution < -0.4 is 5.32 Å². The van der Waals surface area contributed by atoms with Gasteiger partial charge in [0.05, 0.1) is 16.9 Å². The van der Waals surface area contributed by atoms with Crippen LogP contribution in [-0.2, 0) is 4.74 Å². The van der Waals surface area contributed by atoms with Gasteiger partial charge in [0.2, 0.25) is 0 Å². The number of anilines is 2. The largest absolute Gasteiger partial charge is 0.444 e. The van der Waals surface area contributed by atoms with Gasteiger partial charge in [-0.05, 0) is 75.8 Å². The molecule has 3 aromatic heterocycles. The van der Waals surface area contributed by atoms with Crippen LogP contribution in [0.25, 0.3) is 16.6 Å². The Labute approximate surface area is 220 Å². The van der Waals surface area contributed by atoms with Crippen molar-refractivity contribution in [3.8, 4) is 5.69 Å². The van der Waals surface area contributed by atoms with Crippen molar-refractivity contribution in [3.63, 3.8) is 0 Å². The highest BCUT2D eigenvalue weighted by Gasteiger charge is 2.56. The third kappa shape index (κ3) is 4.80. The molecule has 8 nitrogen and oxygen atoms in total. The first kappa shape index (κ1) is 24.3. The van der Waals surface area contributed by atoms with Gasteiger partial charge in [-0.25, -0.2) is 18.9 Å². The lowest BCUT2D eigenvalue weighted by atomic mass is 9.90. The smallest absolute Gasteiger partial charge is 0.410 e. The van der Waals surface area contributed by atoms with Gasteiger partial charge in [0.15, 0.2) is 0 Å². The van der Waals surface area contributed by atoms with Crippen molar-refractivity contribution in [2.24, 2.45) is 5.41 Å². The first-order chi connectivity index (χ1) is 18.2. The van der Waals surface area contributed by atoms with E-state index in [4.69, 9.17) is 9.72 Å². The van der Waals surface area contributed by atoms with Crippen molar-refractivity contribution in [3.05, 3.63) is 72.6 Å². The minimum absolute atomic E-state index is 0.201. The van der Waals surface area contributed by atoms with Crippen LogP contribution in [0.4, 0.5) is 20.7 Å². The summed E-state index contributed by atoms with van der Waals surface area (Å²) in [7, 11) is 0. The Hall–Kier alpha value is -4.01. The molecule has 1 aromatic carbocycles. The summed E-state index contributed by atoms with van der Waals surface area (Å²) in [5.74, 6) is 0.521. The normalized spacial score (nSPS) is 18.5. The van der Waals surface area contributed by atoms with E-state index >= 15 is 0 Å². The van der Waals surface area contributed by atoms with E-state index in [1.807, 2.05) is 31.7 Å². The molecular weight excluding hydrogens is 483 g/mol. The standard InChI is InChI=1S/C29H31FN6O2/c1-28(2,3)38-27(37)35-13-9-29(10-14-35)17-21(29)23-7-5-19-18-31-26(16-25(19)33-23)34-24-8-6-20(15-22(24)30)36-12-4-11-32-36/h4-8,11-12,15-16,18,21H,9-10,13-14,17H2,1-3H3,(H,31,34). The SMILES string of the molecule is CC(C)(C)OC(=O)N1CCC2(CC1)CC2c1ccc2cnc(Nc3ccc(-n4cccn4)cc3F)cc2n1. The molecule has 4 aromatic rings. The minimum atomic E-state index is -0.485. The average Bonchev–Trinajstić information content (AvgIpc) is 3.30. The van der Waals surface area contributed by atoms with E-state index in [0.717, 1.165) is 35.9 Å². The zero-order valence-electron chi connectivity index (χ0n) is 21.8. The van der Waals surface area contributed by atoms with E-state index < -0.39 is 5.60 Å². The second-order valence-corrected chi connectivity index (χ2v) is 11.3. The summed E-state index contributed by atoms with van der Waals surface area (Å²) in [6.45, 7) is 7.10. The van der Waals surface area contributed by atoms with Gasteiger partial charge in [0, 0.05) is 60.8 Å². The van der Waals surface area contributed by atoms with E-state index in [2.05, 4.69) is 27.5 Å². The molecule has 2 aliphatic rings. The highest BCUT2D eigenvalue weighted by molar-refractivity contribution is 5.81. The maximum Gasteiger partial charge on any atom is 0.410 e. The molecule has 0 radical (unpaired) electrons. The van der Waals surface area contributed by atoms with Crippen molar-refractivity contribution in [1.82, 2.24) is 24.6 Å². The fraction of sp³-hybridized carbons (Fsp3) is 0.379. The Balaban J connectivity index is 1.15. The average molecular weight is 515 g/mol. The van der Waals surface area contributed by atoms with Crippen molar-refractivity contribution in [2.75, 3.05) is 18.4 Å². The number of nitrogens with one attached hydrogen (secondary N) is 1. The van der Waals surface area contributed by atoms with Gasteiger partial charge in [-0.15, -0.1) is 0 Å². The van der Waals surface area contributed by atoms with Crippen LogP contribution in [-0.4, -0.2) is 49.4 Å². The Morgan fingerprint density at radius 1 is 1.16 bits per heavy atom. The zero-order valence-corrected chi connectivity index (χ0v) is 21.8. The number of hydrogen-bond acceptors (Lipinski definition) is 6. The lowest BCUT2D eigenvalue weighted by molar-refractivity contribution is 0.0170. The van der Waals surface area contributed by atoms with Crippen LogP contribution in [0.2, 0.25) is 0 Å². The molecule has 1 N–H and O–H groups in total. The maximum atomic E-state index is 14.8. The molecule has 2 fully saturated rings. The Morgan fingerprint density at radius 3 is 2.68 bits per heavy atom. The summed E-state index contributed by atoms with van der Waals surface area (Å²) < 4.78 is 22.0. The highest BCUT2D eigenvalue weighted by atomic mass is 19.1. The molecule has 1 amide bonds. The van der Waals surface area contributed by atoms with E-state index in [9.17, 15) is 9.18 Å². The van der Waals surface area contributed by atoms with Crippen LogP contribution in [0, 0.1) is 11.2 Å². The van der Waals surface area contributed by atoms with Crippen LogP contribution in [0.1, 0.15) is 51.6 Å². The summed E-state index contributed by atoms with van der Waals surface area (Å²) in [6, 6.07) is 12.7. The molecule has 9 heteroatoms. The molecule has 1 saturated heterocycles. The monoisotopic (exact) mass is 514 g/mol. The number of carbonyl (C=O) groups is 1. The minimum Gasteiger partial charge on any atom is -0.444 e. The van der Waals surface area contributed by atoms with Gasteiger partial charge in [-0.2, -0.15) is 5.10 Å². The van der Waals surface area contributed by atoms with Crippen molar-refractivity contribution in [1.29, 1.82) is 0 Å². The Bertz CT molecular complexity index is 1490. The number of aromatic nitrogens is 4. The summed E-state index contributed by atoms with van der Waals surface area (Å²) >= 11 is 0. The molecule has 1 aliphatic heterocycles. The van der Waals surface area contributed by atoms with Crippen LogP contribution in [0.15, 0.2) is 61.1 Å². The predicted molar refractivity (Wildman–Crippen MR) is 143 cm³/mol. The first-order valence-electron chi connectivity index (χ1n) is 13.0. The summed E-state index contributed by atoms with van der Waals surface area (Å²) in [5, 5.41) is 8.16. The number of fused-ring (bicyclic) bond motifs is 1. The van der Waals surface area contributed by atoms with Gasteiger partial charge in [-0.3, -0.25) is 4.98 Å². The van der Waals surface area contributed by atoms with Gasteiger partial charge in [0.25, 0.3) is 0 Å². The molecule has 6 rings (SSSR count). The van der Waals surface area contributed by atoms with Gasteiger partial charge >= 0.3 is 6.09 Å². The number of piperidine rings is 1. The summed E-state index contributed by atoms with van der Waals surface area (Å²) in [5.41, 5.74) is 2.58. The number of rotatable bonds is 4. The number of hydrogen-bond donors (Lipinski definition) is 1. The Kier molecular flexibility index (Phi) is 5.81. The molecule has 1 aliphatic carbocycles. The van der Waals surface area contributed by atoms with Gasteiger partial charge in [0.1, 0.15) is 17.2 Å². The second-order valence-electron chi connectivity index (χ2n) is 11.3. The van der Waals surface area contributed by atoms with E-state index in [1.165, 1.54) is 6.07 Å². The molecule has 1 saturated carbocycles. The number of pyridine rings is 2. The quantitative estimate of drug-likeness (QED) is 0.349. The number of benzene rings is 1. The van der Waals surface area contributed by atoms with E-state index in [-0.39, 0.29) is 17.3 Å². The highest BCUT2D eigenvalue weighted by Crippen LogP contribution is 2.64. The number of carbonyl (C=O) groups excluding carboxylic acids is 1. The molecule has 4 heterocycles. The summed E-state index contributed by atoms with van der Waals surface area (Å²) in [4.78, 5) is 23.7. The van der Waals surface area contributed by atoms with E-state index in [1.54, 1.807) is 41.5 Å². The zero-order chi connectivity index (χ0) is 26.5.